The zero-order chi connectivity index (χ0) is 13.4. The molecule has 3 aromatic rings. The Labute approximate surface area is 109 Å². The molecule has 0 radical (unpaired) electrons. The number of nitrogens with zero attached hydrogens (tertiary/aromatic N) is 1. The maximum Gasteiger partial charge on any atom is 0.320 e. The highest BCUT2D eigenvalue weighted by molar-refractivity contribution is 6.04. The maximum absolute atomic E-state index is 10.8. The molecule has 0 saturated carbocycles. The minimum absolute atomic E-state index is 0.299. The summed E-state index contributed by atoms with van der Waals surface area (Å²) in [7, 11) is 0. The number of pyridine rings is 1. The van der Waals surface area contributed by atoms with Crippen LogP contribution in [0, 0.1) is 0 Å². The Morgan fingerprint density at radius 2 is 2.26 bits per heavy atom. The van der Waals surface area contributed by atoms with Crippen LogP contribution >= 0.6 is 0 Å². The van der Waals surface area contributed by atoms with Crippen LogP contribution in [0.1, 0.15) is 5.56 Å². The standard InChI is InChI=1S/C14H13N3O2/c15-11(14(18)19)6-9-7-17-13-10(9)4-3-8-2-1-5-16-12(8)13/h1-5,7,11,17H,6,15H2,(H,18,19). The van der Waals surface area contributed by atoms with Gasteiger partial charge in [0.2, 0.25) is 0 Å². The van der Waals surface area contributed by atoms with Crippen molar-refractivity contribution in [3.05, 3.63) is 42.2 Å². The predicted molar refractivity (Wildman–Crippen MR) is 72.9 cm³/mol. The minimum Gasteiger partial charge on any atom is -0.480 e. The fraction of sp³-hybridized carbons (Fsp3) is 0.143. The molecule has 1 aromatic carbocycles. The summed E-state index contributed by atoms with van der Waals surface area (Å²) >= 11 is 0. The van der Waals surface area contributed by atoms with Crippen LogP contribution in [0.15, 0.2) is 36.7 Å². The highest BCUT2D eigenvalue weighted by Gasteiger charge is 2.15. The summed E-state index contributed by atoms with van der Waals surface area (Å²) in [5, 5.41) is 10.9. The van der Waals surface area contributed by atoms with Crippen LogP contribution in [-0.2, 0) is 11.2 Å². The van der Waals surface area contributed by atoms with E-state index in [2.05, 4.69) is 9.97 Å². The van der Waals surface area contributed by atoms with Crippen molar-refractivity contribution in [3.8, 4) is 0 Å². The molecule has 2 aromatic heterocycles. The number of fused-ring (bicyclic) bond motifs is 3. The van der Waals surface area contributed by atoms with Crippen LogP contribution in [0.4, 0.5) is 0 Å². The lowest BCUT2D eigenvalue weighted by molar-refractivity contribution is -0.138. The van der Waals surface area contributed by atoms with Crippen molar-refractivity contribution in [2.75, 3.05) is 0 Å². The summed E-state index contributed by atoms with van der Waals surface area (Å²) in [5.74, 6) is -0.992. The zero-order valence-corrected chi connectivity index (χ0v) is 10.1. The van der Waals surface area contributed by atoms with Gasteiger partial charge in [0.25, 0.3) is 0 Å². The largest absolute Gasteiger partial charge is 0.480 e. The van der Waals surface area contributed by atoms with E-state index >= 15 is 0 Å². The van der Waals surface area contributed by atoms with E-state index in [1.807, 2.05) is 30.5 Å². The Morgan fingerprint density at radius 1 is 1.42 bits per heavy atom. The monoisotopic (exact) mass is 255 g/mol. The molecule has 96 valence electrons. The number of aromatic amines is 1. The number of nitrogens with one attached hydrogen (secondary N) is 1. The Kier molecular flexibility index (Phi) is 2.68. The van der Waals surface area contributed by atoms with Gasteiger partial charge < -0.3 is 15.8 Å². The minimum atomic E-state index is -0.992. The van der Waals surface area contributed by atoms with E-state index in [1.54, 1.807) is 6.20 Å². The van der Waals surface area contributed by atoms with Crippen molar-refractivity contribution in [1.82, 2.24) is 9.97 Å². The topological polar surface area (TPSA) is 92.0 Å². The summed E-state index contributed by atoms with van der Waals surface area (Å²) in [6.07, 6.45) is 3.85. The number of rotatable bonds is 3. The average molecular weight is 255 g/mol. The smallest absolute Gasteiger partial charge is 0.320 e. The molecule has 0 spiro atoms. The second-order valence-corrected chi connectivity index (χ2v) is 4.53. The molecule has 0 fully saturated rings. The van der Waals surface area contributed by atoms with E-state index in [4.69, 9.17) is 10.8 Å². The van der Waals surface area contributed by atoms with Crippen LogP contribution in [0.2, 0.25) is 0 Å². The van der Waals surface area contributed by atoms with E-state index in [9.17, 15) is 4.79 Å². The van der Waals surface area contributed by atoms with Gasteiger partial charge in [-0.25, -0.2) is 0 Å². The number of carbonyl (C=O) groups is 1. The summed E-state index contributed by atoms with van der Waals surface area (Å²) in [5.41, 5.74) is 8.29. The van der Waals surface area contributed by atoms with Gasteiger partial charge in [0.1, 0.15) is 6.04 Å². The zero-order valence-electron chi connectivity index (χ0n) is 10.1. The number of aromatic nitrogens is 2. The van der Waals surface area contributed by atoms with Crippen LogP contribution < -0.4 is 5.73 Å². The fourth-order valence-electron chi connectivity index (χ4n) is 2.29. The van der Waals surface area contributed by atoms with Crippen LogP contribution in [-0.4, -0.2) is 27.1 Å². The van der Waals surface area contributed by atoms with Gasteiger partial charge in [-0.05, 0) is 11.6 Å². The average Bonchev–Trinajstić information content (AvgIpc) is 2.82. The Balaban J connectivity index is 2.13. The highest BCUT2D eigenvalue weighted by atomic mass is 16.4. The molecule has 0 amide bonds. The Bertz CT molecular complexity index is 764. The third-order valence-electron chi connectivity index (χ3n) is 3.27. The van der Waals surface area contributed by atoms with Crippen molar-refractivity contribution in [3.63, 3.8) is 0 Å². The number of carboxylic acids is 1. The predicted octanol–water partition coefficient (Wildman–Crippen LogP) is 1.67. The molecule has 5 nitrogen and oxygen atoms in total. The fourth-order valence-corrected chi connectivity index (χ4v) is 2.29. The molecular weight excluding hydrogens is 242 g/mol. The van der Waals surface area contributed by atoms with E-state index in [1.165, 1.54) is 0 Å². The summed E-state index contributed by atoms with van der Waals surface area (Å²) < 4.78 is 0. The molecule has 1 atom stereocenters. The molecular formula is C14H13N3O2. The number of benzene rings is 1. The second kappa shape index (κ2) is 4.37. The number of nitrogens with two attached hydrogens (primary N) is 1. The first kappa shape index (κ1) is 11.7. The molecule has 3 rings (SSSR count). The third-order valence-corrected chi connectivity index (χ3v) is 3.27. The summed E-state index contributed by atoms with van der Waals surface area (Å²) in [4.78, 5) is 18.3. The van der Waals surface area contributed by atoms with Gasteiger partial charge in [0, 0.05) is 29.6 Å². The molecule has 1 unspecified atom stereocenters. The van der Waals surface area contributed by atoms with E-state index in [-0.39, 0.29) is 0 Å². The molecule has 0 aliphatic heterocycles. The number of carboxylic acid groups (broad SMARTS) is 1. The van der Waals surface area contributed by atoms with Gasteiger partial charge in [-0.1, -0.05) is 18.2 Å². The molecule has 5 heteroatoms. The van der Waals surface area contributed by atoms with Crippen LogP contribution in [0.5, 0.6) is 0 Å². The van der Waals surface area contributed by atoms with Gasteiger partial charge in [-0.2, -0.15) is 0 Å². The quantitative estimate of drug-likeness (QED) is 0.663. The number of hydrogen-bond donors (Lipinski definition) is 3. The van der Waals surface area contributed by atoms with E-state index in [0.717, 1.165) is 27.4 Å². The summed E-state index contributed by atoms with van der Waals surface area (Å²) in [6.45, 7) is 0. The molecule has 0 bridgehead atoms. The number of aliphatic carboxylic acids is 1. The lowest BCUT2D eigenvalue weighted by atomic mass is 10.0. The molecule has 0 aliphatic carbocycles. The number of H-pyrrole nitrogens is 1. The Hall–Kier alpha value is -2.40. The van der Waals surface area contributed by atoms with Gasteiger partial charge in [0.05, 0.1) is 11.0 Å². The molecule has 19 heavy (non-hydrogen) atoms. The number of hydrogen-bond acceptors (Lipinski definition) is 3. The first-order chi connectivity index (χ1) is 9.16. The van der Waals surface area contributed by atoms with Gasteiger partial charge in [-0.3, -0.25) is 9.78 Å². The SMILES string of the molecule is NC(Cc1c[nH]c2c1ccc1cccnc12)C(=O)O. The normalized spacial score (nSPS) is 12.9. The van der Waals surface area contributed by atoms with Crippen molar-refractivity contribution in [1.29, 1.82) is 0 Å². The highest BCUT2D eigenvalue weighted by Crippen LogP contribution is 2.25. The van der Waals surface area contributed by atoms with Crippen molar-refractivity contribution < 1.29 is 9.90 Å². The molecule has 4 N–H and O–H groups in total. The van der Waals surface area contributed by atoms with Gasteiger partial charge in [0.15, 0.2) is 0 Å². The maximum atomic E-state index is 10.8. The third kappa shape index (κ3) is 1.94. The second-order valence-electron chi connectivity index (χ2n) is 4.53. The van der Waals surface area contributed by atoms with Gasteiger partial charge in [-0.15, -0.1) is 0 Å². The molecule has 2 heterocycles. The van der Waals surface area contributed by atoms with Crippen LogP contribution in [0.25, 0.3) is 21.8 Å². The van der Waals surface area contributed by atoms with Crippen molar-refractivity contribution >= 4 is 27.8 Å². The lowest BCUT2D eigenvalue weighted by Gasteiger charge is -2.05. The van der Waals surface area contributed by atoms with Gasteiger partial charge >= 0.3 is 5.97 Å². The van der Waals surface area contributed by atoms with E-state index in [0.29, 0.717) is 6.42 Å². The van der Waals surface area contributed by atoms with E-state index < -0.39 is 12.0 Å². The lowest BCUT2D eigenvalue weighted by Crippen LogP contribution is -2.32. The first-order valence-corrected chi connectivity index (χ1v) is 5.99. The Morgan fingerprint density at radius 3 is 3.05 bits per heavy atom. The molecule has 0 aliphatic rings. The first-order valence-electron chi connectivity index (χ1n) is 5.99. The van der Waals surface area contributed by atoms with Crippen LogP contribution in [0.3, 0.4) is 0 Å². The van der Waals surface area contributed by atoms with Crippen molar-refractivity contribution in [2.45, 2.75) is 12.5 Å². The summed E-state index contributed by atoms with van der Waals surface area (Å²) in [6, 6.07) is 6.94. The molecule has 0 saturated heterocycles. The van der Waals surface area contributed by atoms with Crippen molar-refractivity contribution in [2.24, 2.45) is 5.73 Å².